The van der Waals surface area contributed by atoms with Gasteiger partial charge in [-0.15, -0.1) is 0 Å². The van der Waals surface area contributed by atoms with E-state index in [1.54, 1.807) is 0 Å². The maximum Gasteiger partial charge on any atom is 0.303 e. The summed E-state index contributed by atoms with van der Waals surface area (Å²) in [6.45, 7) is 3.17. The van der Waals surface area contributed by atoms with Crippen LogP contribution in [0, 0.1) is 5.92 Å². The topological polar surface area (TPSA) is 40.5 Å². The number of likely N-dealkylation sites (tertiary alicyclic amines) is 1. The molecule has 0 spiro atoms. The third-order valence-corrected chi connectivity index (χ3v) is 3.62. The van der Waals surface area contributed by atoms with Crippen LogP contribution in [-0.4, -0.2) is 29.1 Å². The molecule has 0 amide bonds. The Balaban J connectivity index is 1.81. The fourth-order valence-corrected chi connectivity index (χ4v) is 2.70. The summed E-state index contributed by atoms with van der Waals surface area (Å²) < 4.78 is 0. The van der Waals surface area contributed by atoms with Crippen molar-refractivity contribution in [1.29, 1.82) is 0 Å². The number of piperidine rings is 1. The van der Waals surface area contributed by atoms with Crippen LogP contribution in [0.4, 0.5) is 0 Å². The van der Waals surface area contributed by atoms with E-state index in [-0.39, 0.29) is 0 Å². The van der Waals surface area contributed by atoms with Gasteiger partial charge in [0.1, 0.15) is 0 Å². The average molecular weight is 247 g/mol. The van der Waals surface area contributed by atoms with E-state index >= 15 is 0 Å². The number of carboxylic acids is 1. The molecule has 1 unspecified atom stereocenters. The molecule has 98 valence electrons. The number of rotatable bonds is 5. The third-order valence-electron chi connectivity index (χ3n) is 3.62. The molecule has 1 atom stereocenters. The zero-order valence-electron chi connectivity index (χ0n) is 10.7. The van der Waals surface area contributed by atoms with Gasteiger partial charge in [0.2, 0.25) is 0 Å². The first-order valence-electron chi connectivity index (χ1n) is 6.72. The highest BCUT2D eigenvalue weighted by Crippen LogP contribution is 2.22. The van der Waals surface area contributed by atoms with Gasteiger partial charge in [-0.2, -0.15) is 0 Å². The largest absolute Gasteiger partial charge is 0.481 e. The number of nitrogens with zero attached hydrogens (tertiary/aromatic N) is 1. The van der Waals surface area contributed by atoms with Crippen molar-refractivity contribution in [2.24, 2.45) is 5.92 Å². The molecule has 18 heavy (non-hydrogen) atoms. The third kappa shape index (κ3) is 4.15. The number of hydrogen-bond acceptors (Lipinski definition) is 2. The van der Waals surface area contributed by atoms with Gasteiger partial charge in [-0.1, -0.05) is 30.3 Å². The highest BCUT2D eigenvalue weighted by Gasteiger charge is 2.20. The Morgan fingerprint density at radius 2 is 2.11 bits per heavy atom. The summed E-state index contributed by atoms with van der Waals surface area (Å²) in [4.78, 5) is 13.1. The maximum atomic E-state index is 10.6. The normalized spacial score (nSPS) is 20.8. The molecule has 0 aromatic heterocycles. The summed E-state index contributed by atoms with van der Waals surface area (Å²) in [6, 6.07) is 10.5. The SMILES string of the molecule is O=C(O)CCC1CCCN(Cc2ccccc2)C1. The lowest BCUT2D eigenvalue weighted by Gasteiger charge is -2.32. The molecule has 0 bridgehead atoms. The second kappa shape index (κ2) is 6.55. The molecular weight excluding hydrogens is 226 g/mol. The highest BCUT2D eigenvalue weighted by molar-refractivity contribution is 5.66. The highest BCUT2D eigenvalue weighted by atomic mass is 16.4. The molecule has 3 heteroatoms. The molecule has 2 rings (SSSR count). The summed E-state index contributed by atoms with van der Waals surface area (Å²) in [6.07, 6.45) is 3.50. The van der Waals surface area contributed by atoms with Crippen LogP contribution in [0.2, 0.25) is 0 Å². The van der Waals surface area contributed by atoms with E-state index in [1.165, 1.54) is 18.4 Å². The summed E-state index contributed by atoms with van der Waals surface area (Å²) in [5.41, 5.74) is 1.34. The number of carbonyl (C=O) groups is 1. The Bertz CT molecular complexity index is 377. The van der Waals surface area contributed by atoms with Crippen LogP contribution >= 0.6 is 0 Å². The summed E-state index contributed by atoms with van der Waals surface area (Å²) in [5, 5.41) is 8.73. The van der Waals surface area contributed by atoms with E-state index in [4.69, 9.17) is 5.11 Å². The predicted molar refractivity (Wildman–Crippen MR) is 71.3 cm³/mol. The average Bonchev–Trinajstić information content (AvgIpc) is 2.38. The lowest BCUT2D eigenvalue weighted by molar-refractivity contribution is -0.137. The summed E-state index contributed by atoms with van der Waals surface area (Å²) in [7, 11) is 0. The molecule has 1 aliphatic rings. The second-order valence-corrected chi connectivity index (χ2v) is 5.16. The Morgan fingerprint density at radius 1 is 1.33 bits per heavy atom. The van der Waals surface area contributed by atoms with Crippen molar-refractivity contribution < 1.29 is 9.90 Å². The smallest absolute Gasteiger partial charge is 0.303 e. The molecule has 1 aromatic rings. The van der Waals surface area contributed by atoms with Crippen molar-refractivity contribution in [3.05, 3.63) is 35.9 Å². The molecule has 3 nitrogen and oxygen atoms in total. The summed E-state index contributed by atoms with van der Waals surface area (Å²) in [5.74, 6) is -0.117. The van der Waals surface area contributed by atoms with E-state index < -0.39 is 5.97 Å². The Morgan fingerprint density at radius 3 is 2.83 bits per heavy atom. The standard InChI is InChI=1S/C15H21NO2/c17-15(18)9-8-14-7-4-10-16(12-14)11-13-5-2-1-3-6-13/h1-3,5-6,14H,4,7-12H2,(H,17,18). The van der Waals surface area contributed by atoms with E-state index in [1.807, 2.05) is 6.07 Å². The number of hydrogen-bond donors (Lipinski definition) is 1. The lowest BCUT2D eigenvalue weighted by Crippen LogP contribution is -2.35. The Labute approximate surface area is 108 Å². The minimum Gasteiger partial charge on any atom is -0.481 e. The van der Waals surface area contributed by atoms with Crippen LogP contribution in [-0.2, 0) is 11.3 Å². The molecule has 1 aliphatic heterocycles. The van der Waals surface area contributed by atoms with Crippen LogP contribution in [0.1, 0.15) is 31.2 Å². The van der Waals surface area contributed by atoms with Crippen molar-refractivity contribution in [3.8, 4) is 0 Å². The monoisotopic (exact) mass is 247 g/mol. The first-order chi connectivity index (χ1) is 8.74. The second-order valence-electron chi connectivity index (χ2n) is 5.16. The zero-order chi connectivity index (χ0) is 12.8. The molecule has 1 heterocycles. The fraction of sp³-hybridized carbons (Fsp3) is 0.533. The van der Waals surface area contributed by atoms with Gasteiger partial charge >= 0.3 is 5.97 Å². The molecule has 1 saturated heterocycles. The van der Waals surface area contributed by atoms with Gasteiger partial charge in [-0.3, -0.25) is 9.69 Å². The fourth-order valence-electron chi connectivity index (χ4n) is 2.70. The van der Waals surface area contributed by atoms with Crippen molar-refractivity contribution in [1.82, 2.24) is 4.90 Å². The van der Waals surface area contributed by atoms with Gasteiger partial charge in [-0.25, -0.2) is 0 Å². The molecule has 0 saturated carbocycles. The van der Waals surface area contributed by atoms with E-state index in [0.29, 0.717) is 12.3 Å². The van der Waals surface area contributed by atoms with Crippen molar-refractivity contribution >= 4 is 5.97 Å². The minimum atomic E-state index is -0.671. The number of aliphatic carboxylic acids is 1. The summed E-state index contributed by atoms with van der Waals surface area (Å²) >= 11 is 0. The van der Waals surface area contributed by atoms with Crippen LogP contribution in [0.5, 0.6) is 0 Å². The quantitative estimate of drug-likeness (QED) is 0.869. The molecule has 1 N–H and O–H groups in total. The van der Waals surface area contributed by atoms with Gasteiger partial charge < -0.3 is 5.11 Å². The van der Waals surface area contributed by atoms with Crippen molar-refractivity contribution in [2.45, 2.75) is 32.2 Å². The number of benzene rings is 1. The van der Waals surface area contributed by atoms with Crippen LogP contribution in [0.3, 0.4) is 0 Å². The molecule has 1 aromatic carbocycles. The number of carboxylic acid groups (broad SMARTS) is 1. The molecule has 0 aliphatic carbocycles. The van der Waals surface area contributed by atoms with Crippen LogP contribution in [0.25, 0.3) is 0 Å². The van der Waals surface area contributed by atoms with Gasteiger partial charge in [-0.05, 0) is 37.3 Å². The van der Waals surface area contributed by atoms with Crippen LogP contribution < -0.4 is 0 Å². The van der Waals surface area contributed by atoms with Gasteiger partial charge in [0.25, 0.3) is 0 Å². The first-order valence-corrected chi connectivity index (χ1v) is 6.72. The van der Waals surface area contributed by atoms with Gasteiger partial charge in [0, 0.05) is 19.5 Å². The maximum absolute atomic E-state index is 10.6. The first kappa shape index (κ1) is 13.1. The van der Waals surface area contributed by atoms with Gasteiger partial charge in [0.05, 0.1) is 0 Å². The minimum absolute atomic E-state index is 0.309. The Kier molecular flexibility index (Phi) is 4.76. The van der Waals surface area contributed by atoms with E-state index in [2.05, 4.69) is 29.2 Å². The van der Waals surface area contributed by atoms with E-state index in [0.717, 1.165) is 26.1 Å². The van der Waals surface area contributed by atoms with Gasteiger partial charge in [0.15, 0.2) is 0 Å². The predicted octanol–water partition coefficient (Wildman–Crippen LogP) is 2.76. The zero-order valence-corrected chi connectivity index (χ0v) is 10.7. The Hall–Kier alpha value is -1.35. The molecule has 0 radical (unpaired) electrons. The van der Waals surface area contributed by atoms with Crippen molar-refractivity contribution in [2.75, 3.05) is 13.1 Å². The van der Waals surface area contributed by atoms with Crippen molar-refractivity contribution in [3.63, 3.8) is 0 Å². The lowest BCUT2D eigenvalue weighted by atomic mass is 9.93. The molecular formula is C15H21NO2. The van der Waals surface area contributed by atoms with Crippen LogP contribution in [0.15, 0.2) is 30.3 Å². The molecule has 1 fully saturated rings. The van der Waals surface area contributed by atoms with E-state index in [9.17, 15) is 4.79 Å².